The van der Waals surface area contributed by atoms with E-state index in [0.717, 1.165) is 11.7 Å². The summed E-state index contributed by atoms with van der Waals surface area (Å²) >= 11 is 0. The van der Waals surface area contributed by atoms with Gasteiger partial charge in [-0.2, -0.15) is 0 Å². The molecule has 3 rings (SSSR count). The largest absolute Gasteiger partial charge is 0.366 e. The van der Waals surface area contributed by atoms with Gasteiger partial charge in [0.15, 0.2) is 0 Å². The standard InChI is InChI=1S/C12H16N2/c1-7(2)8-5-10-9-3-4-11(9)14-12(10)13-6-8/h5-7,9,11H,3-4H2,1-2H3,(H,13,14)/t9-,11?/m1/s1. The van der Waals surface area contributed by atoms with Crippen LogP contribution in [0.1, 0.15) is 49.7 Å². The van der Waals surface area contributed by atoms with Crippen molar-refractivity contribution < 1.29 is 0 Å². The molecule has 2 atom stereocenters. The highest BCUT2D eigenvalue weighted by Crippen LogP contribution is 2.47. The normalized spacial score (nSPS) is 27.9. The summed E-state index contributed by atoms with van der Waals surface area (Å²) in [5.41, 5.74) is 2.84. The van der Waals surface area contributed by atoms with Crippen LogP contribution in [-0.4, -0.2) is 11.0 Å². The number of hydrogen-bond donors (Lipinski definition) is 1. The maximum absolute atomic E-state index is 4.51. The summed E-state index contributed by atoms with van der Waals surface area (Å²) in [6.45, 7) is 4.45. The SMILES string of the molecule is CC(C)c1cnc2c(c1)[C@H]1CCC1N2. The third-order valence-corrected chi connectivity index (χ3v) is 3.60. The number of hydrogen-bond acceptors (Lipinski definition) is 2. The molecule has 1 saturated carbocycles. The van der Waals surface area contributed by atoms with Crippen LogP contribution in [0.5, 0.6) is 0 Å². The van der Waals surface area contributed by atoms with Crippen LogP contribution in [0.2, 0.25) is 0 Å². The number of fused-ring (bicyclic) bond motifs is 3. The zero-order valence-electron chi connectivity index (χ0n) is 8.75. The number of nitrogens with zero attached hydrogens (tertiary/aromatic N) is 1. The van der Waals surface area contributed by atoms with E-state index in [-0.39, 0.29) is 0 Å². The van der Waals surface area contributed by atoms with E-state index in [9.17, 15) is 0 Å². The molecular formula is C12H16N2. The number of nitrogens with one attached hydrogen (secondary N) is 1. The van der Waals surface area contributed by atoms with Crippen molar-refractivity contribution in [3.8, 4) is 0 Å². The first kappa shape index (κ1) is 8.27. The second-order valence-corrected chi connectivity index (χ2v) is 4.80. The lowest BCUT2D eigenvalue weighted by atomic mass is 9.78. The van der Waals surface area contributed by atoms with Crippen molar-refractivity contribution in [3.05, 3.63) is 23.4 Å². The lowest BCUT2D eigenvalue weighted by Gasteiger charge is -2.30. The first-order chi connectivity index (χ1) is 6.75. The zero-order chi connectivity index (χ0) is 9.71. The molecule has 0 amide bonds. The van der Waals surface area contributed by atoms with Gasteiger partial charge in [-0.3, -0.25) is 0 Å². The van der Waals surface area contributed by atoms with E-state index in [0.29, 0.717) is 12.0 Å². The fourth-order valence-corrected chi connectivity index (χ4v) is 2.44. The molecule has 2 heteroatoms. The van der Waals surface area contributed by atoms with Gasteiger partial charge in [0, 0.05) is 18.2 Å². The highest BCUT2D eigenvalue weighted by atomic mass is 15.1. The molecule has 0 spiro atoms. The van der Waals surface area contributed by atoms with Gasteiger partial charge in [0.1, 0.15) is 5.82 Å². The van der Waals surface area contributed by atoms with Gasteiger partial charge in [0.05, 0.1) is 0 Å². The quantitative estimate of drug-likeness (QED) is 0.733. The molecule has 1 unspecified atom stereocenters. The van der Waals surface area contributed by atoms with Crippen molar-refractivity contribution in [2.45, 2.75) is 44.6 Å². The van der Waals surface area contributed by atoms with E-state index < -0.39 is 0 Å². The number of rotatable bonds is 1. The van der Waals surface area contributed by atoms with Gasteiger partial charge in [-0.05, 0) is 36.0 Å². The lowest BCUT2D eigenvalue weighted by Crippen LogP contribution is -2.30. The third kappa shape index (κ3) is 0.999. The molecule has 1 aliphatic carbocycles. The number of pyridine rings is 1. The Morgan fingerprint density at radius 1 is 1.43 bits per heavy atom. The van der Waals surface area contributed by atoms with Gasteiger partial charge in [-0.15, -0.1) is 0 Å². The molecule has 0 radical (unpaired) electrons. The number of aromatic nitrogens is 1. The van der Waals surface area contributed by atoms with Crippen LogP contribution in [-0.2, 0) is 0 Å². The summed E-state index contributed by atoms with van der Waals surface area (Å²) in [5.74, 6) is 2.49. The summed E-state index contributed by atoms with van der Waals surface area (Å²) < 4.78 is 0. The van der Waals surface area contributed by atoms with Gasteiger partial charge in [0.25, 0.3) is 0 Å². The van der Waals surface area contributed by atoms with E-state index >= 15 is 0 Å². The monoisotopic (exact) mass is 188 g/mol. The maximum atomic E-state index is 4.51. The highest BCUT2D eigenvalue weighted by Gasteiger charge is 2.39. The second kappa shape index (κ2) is 2.72. The Hall–Kier alpha value is -1.05. The Morgan fingerprint density at radius 2 is 2.29 bits per heavy atom. The minimum absolute atomic E-state index is 0.590. The summed E-state index contributed by atoms with van der Waals surface area (Å²) in [6, 6.07) is 3.05. The fraction of sp³-hybridized carbons (Fsp3) is 0.583. The smallest absolute Gasteiger partial charge is 0.129 e. The summed E-state index contributed by atoms with van der Waals surface area (Å²) in [6.07, 6.45) is 4.67. The minimum Gasteiger partial charge on any atom is -0.366 e. The molecule has 1 aromatic rings. The molecule has 0 saturated heterocycles. The zero-order valence-corrected chi connectivity index (χ0v) is 8.75. The van der Waals surface area contributed by atoms with E-state index in [4.69, 9.17) is 0 Å². The van der Waals surface area contributed by atoms with Crippen molar-refractivity contribution in [2.24, 2.45) is 0 Å². The van der Waals surface area contributed by atoms with Crippen LogP contribution in [0, 0.1) is 0 Å². The average Bonchev–Trinajstić information content (AvgIpc) is 2.36. The van der Waals surface area contributed by atoms with Gasteiger partial charge in [-0.1, -0.05) is 13.8 Å². The van der Waals surface area contributed by atoms with Crippen molar-refractivity contribution in [1.82, 2.24) is 4.98 Å². The molecule has 1 aliphatic heterocycles. The molecule has 0 bridgehead atoms. The molecule has 2 aliphatic rings. The van der Waals surface area contributed by atoms with Crippen molar-refractivity contribution in [2.75, 3.05) is 5.32 Å². The Bertz CT molecular complexity index is 371. The van der Waals surface area contributed by atoms with Gasteiger partial charge in [0.2, 0.25) is 0 Å². The molecule has 0 aromatic carbocycles. The molecule has 2 nitrogen and oxygen atoms in total. The minimum atomic E-state index is 0.590. The molecule has 1 N–H and O–H groups in total. The molecule has 14 heavy (non-hydrogen) atoms. The van der Waals surface area contributed by atoms with E-state index in [2.05, 4.69) is 30.2 Å². The fourth-order valence-electron chi connectivity index (χ4n) is 2.44. The van der Waals surface area contributed by atoms with Crippen molar-refractivity contribution >= 4 is 5.82 Å². The Kier molecular flexibility index (Phi) is 1.61. The first-order valence-corrected chi connectivity index (χ1v) is 5.52. The molecule has 2 heterocycles. The molecule has 1 fully saturated rings. The van der Waals surface area contributed by atoms with Crippen LogP contribution in [0.25, 0.3) is 0 Å². The average molecular weight is 188 g/mol. The first-order valence-electron chi connectivity index (χ1n) is 5.52. The summed E-state index contributed by atoms with van der Waals surface area (Å²) in [4.78, 5) is 4.51. The third-order valence-electron chi connectivity index (χ3n) is 3.60. The van der Waals surface area contributed by atoms with Crippen molar-refractivity contribution in [3.63, 3.8) is 0 Å². The van der Waals surface area contributed by atoms with Crippen LogP contribution in [0.3, 0.4) is 0 Å². The topological polar surface area (TPSA) is 24.9 Å². The predicted molar refractivity (Wildman–Crippen MR) is 57.7 cm³/mol. The Labute approximate surface area is 84.7 Å². The number of anilines is 1. The van der Waals surface area contributed by atoms with Crippen LogP contribution >= 0.6 is 0 Å². The Morgan fingerprint density at radius 3 is 2.93 bits per heavy atom. The molecular weight excluding hydrogens is 172 g/mol. The lowest BCUT2D eigenvalue weighted by molar-refractivity contribution is 0.391. The Balaban J connectivity index is 2.03. The van der Waals surface area contributed by atoms with Crippen LogP contribution in [0.15, 0.2) is 12.3 Å². The summed E-state index contributed by atoms with van der Waals surface area (Å²) in [7, 11) is 0. The van der Waals surface area contributed by atoms with Gasteiger partial charge < -0.3 is 5.32 Å². The van der Waals surface area contributed by atoms with E-state index in [1.165, 1.54) is 24.0 Å². The molecule has 74 valence electrons. The second-order valence-electron chi connectivity index (χ2n) is 4.80. The van der Waals surface area contributed by atoms with Gasteiger partial charge in [-0.25, -0.2) is 4.98 Å². The van der Waals surface area contributed by atoms with E-state index in [1.54, 1.807) is 0 Å². The summed E-state index contributed by atoms with van der Waals surface area (Å²) in [5, 5.41) is 3.49. The highest BCUT2D eigenvalue weighted by molar-refractivity contribution is 5.56. The molecule has 1 aromatic heterocycles. The van der Waals surface area contributed by atoms with Gasteiger partial charge >= 0.3 is 0 Å². The van der Waals surface area contributed by atoms with E-state index in [1.807, 2.05) is 6.20 Å². The van der Waals surface area contributed by atoms with Crippen LogP contribution in [0.4, 0.5) is 5.82 Å². The predicted octanol–water partition coefficient (Wildman–Crippen LogP) is 2.88. The maximum Gasteiger partial charge on any atom is 0.129 e. The van der Waals surface area contributed by atoms with Crippen molar-refractivity contribution in [1.29, 1.82) is 0 Å². The van der Waals surface area contributed by atoms with Crippen LogP contribution < -0.4 is 5.32 Å².